The summed E-state index contributed by atoms with van der Waals surface area (Å²) in [5.74, 6) is 0. The molecule has 0 unspecified atom stereocenters. The summed E-state index contributed by atoms with van der Waals surface area (Å²) in [7, 11) is -4.00. The number of nitro groups is 1. The number of rotatable bonds is 5. The average Bonchev–Trinajstić information content (AvgIpc) is 2.99. The molecule has 1 saturated heterocycles. The fraction of sp³-hybridized carbons (Fsp3) is 0.409. The normalized spacial score (nSPS) is 15.0. The minimum atomic E-state index is -4.00. The molecule has 1 fully saturated rings. The molecule has 0 bridgehead atoms. The van der Waals surface area contributed by atoms with Crippen molar-refractivity contribution in [2.75, 3.05) is 35.8 Å². The van der Waals surface area contributed by atoms with Gasteiger partial charge in [-0.05, 0) is 51.5 Å². The number of carbonyl (C=O) groups is 1. The van der Waals surface area contributed by atoms with Crippen LogP contribution in [0, 0.1) is 10.1 Å². The van der Waals surface area contributed by atoms with Crippen LogP contribution in [0.3, 0.4) is 0 Å². The predicted molar refractivity (Wildman–Crippen MR) is 125 cm³/mol. The Labute approximate surface area is 193 Å². The Morgan fingerprint density at radius 3 is 2.39 bits per heavy atom. The summed E-state index contributed by atoms with van der Waals surface area (Å²) in [4.78, 5) is 26.9. The zero-order valence-electron chi connectivity index (χ0n) is 18.9. The molecule has 0 aromatic heterocycles. The van der Waals surface area contributed by atoms with Crippen LogP contribution in [-0.4, -0.2) is 56.1 Å². The van der Waals surface area contributed by atoms with Crippen LogP contribution in [0.2, 0.25) is 0 Å². The maximum absolute atomic E-state index is 12.7. The molecule has 0 aliphatic carbocycles. The lowest BCUT2D eigenvalue weighted by molar-refractivity contribution is -0.383. The molecule has 2 aromatic rings. The maximum atomic E-state index is 12.7. The van der Waals surface area contributed by atoms with Gasteiger partial charge in [-0.25, -0.2) is 13.2 Å². The molecule has 1 amide bonds. The summed E-state index contributed by atoms with van der Waals surface area (Å²) >= 11 is 0. The highest BCUT2D eigenvalue weighted by Gasteiger charge is 2.26. The first-order chi connectivity index (χ1) is 15.5. The summed E-state index contributed by atoms with van der Waals surface area (Å²) in [5, 5.41) is 11.5. The average molecular weight is 477 g/mol. The molecule has 0 saturated carbocycles. The predicted octanol–water partition coefficient (Wildman–Crippen LogP) is 3.84. The molecule has 0 radical (unpaired) electrons. The number of sulfonamides is 1. The third-order valence-corrected chi connectivity index (χ3v) is 6.37. The van der Waals surface area contributed by atoms with E-state index < -0.39 is 20.5 Å². The first-order valence-corrected chi connectivity index (χ1v) is 12.0. The Morgan fingerprint density at radius 1 is 1.06 bits per heavy atom. The number of anilines is 2. The van der Waals surface area contributed by atoms with Gasteiger partial charge in [0.05, 0.1) is 9.82 Å². The van der Waals surface area contributed by atoms with Crippen molar-refractivity contribution >= 4 is 33.2 Å². The van der Waals surface area contributed by atoms with Crippen molar-refractivity contribution in [3.05, 3.63) is 58.6 Å². The summed E-state index contributed by atoms with van der Waals surface area (Å²) in [5.41, 5.74) is -0.429. The molecule has 10 nitrogen and oxygen atoms in total. The Kier molecular flexibility index (Phi) is 7.11. The van der Waals surface area contributed by atoms with Crippen molar-refractivity contribution in [2.45, 2.75) is 37.7 Å². The van der Waals surface area contributed by atoms with Crippen LogP contribution in [-0.2, 0) is 14.8 Å². The Morgan fingerprint density at radius 2 is 1.76 bits per heavy atom. The molecule has 1 aliphatic heterocycles. The van der Waals surface area contributed by atoms with Gasteiger partial charge in [0.15, 0.2) is 0 Å². The number of ether oxygens (including phenoxy) is 1. The number of nitro benzene ring substituents is 1. The smallest absolute Gasteiger partial charge is 0.410 e. The van der Waals surface area contributed by atoms with Gasteiger partial charge in [-0.2, -0.15) is 0 Å². The summed E-state index contributed by atoms with van der Waals surface area (Å²) < 4.78 is 33.3. The second-order valence-electron chi connectivity index (χ2n) is 8.69. The van der Waals surface area contributed by atoms with Crippen LogP contribution >= 0.6 is 0 Å². The first kappa shape index (κ1) is 24.3. The van der Waals surface area contributed by atoms with E-state index in [0.717, 1.165) is 0 Å². The lowest BCUT2D eigenvalue weighted by atomic mass is 10.2. The van der Waals surface area contributed by atoms with E-state index >= 15 is 0 Å². The van der Waals surface area contributed by atoms with Crippen molar-refractivity contribution in [2.24, 2.45) is 0 Å². The SMILES string of the molecule is CC(C)(C)OC(=O)N1CCCN(c2ccc([N+](=O)[O-])c(NS(=O)(=O)c3ccccc3)c2)CC1. The number of nitrogens with one attached hydrogen (secondary N) is 1. The van der Waals surface area contributed by atoms with E-state index in [2.05, 4.69) is 4.72 Å². The number of hydrogen-bond donors (Lipinski definition) is 1. The van der Waals surface area contributed by atoms with Crippen LogP contribution < -0.4 is 9.62 Å². The van der Waals surface area contributed by atoms with Crippen molar-refractivity contribution in [3.8, 4) is 0 Å². The first-order valence-electron chi connectivity index (χ1n) is 10.6. The Balaban J connectivity index is 1.82. The minimum Gasteiger partial charge on any atom is -0.444 e. The van der Waals surface area contributed by atoms with E-state index in [1.165, 1.54) is 24.3 Å². The quantitative estimate of drug-likeness (QED) is 0.514. The molecular weight excluding hydrogens is 448 g/mol. The molecule has 33 heavy (non-hydrogen) atoms. The van der Waals surface area contributed by atoms with E-state index in [0.29, 0.717) is 38.3 Å². The number of hydrogen-bond acceptors (Lipinski definition) is 7. The highest BCUT2D eigenvalue weighted by molar-refractivity contribution is 7.92. The van der Waals surface area contributed by atoms with Crippen LogP contribution in [0.15, 0.2) is 53.4 Å². The number of carbonyl (C=O) groups excluding carboxylic acids is 1. The molecule has 3 rings (SSSR count). The third-order valence-electron chi connectivity index (χ3n) is 4.99. The number of nitrogens with zero attached hydrogens (tertiary/aromatic N) is 3. The molecular formula is C22H28N4O6S. The molecule has 1 heterocycles. The fourth-order valence-electron chi connectivity index (χ4n) is 3.45. The van der Waals surface area contributed by atoms with Gasteiger partial charge in [0.2, 0.25) is 0 Å². The van der Waals surface area contributed by atoms with Crippen LogP contribution in [0.5, 0.6) is 0 Å². The van der Waals surface area contributed by atoms with Crippen molar-refractivity contribution < 1.29 is 22.9 Å². The zero-order chi connectivity index (χ0) is 24.2. The van der Waals surface area contributed by atoms with Gasteiger partial charge in [-0.1, -0.05) is 18.2 Å². The van der Waals surface area contributed by atoms with Gasteiger partial charge >= 0.3 is 6.09 Å². The minimum absolute atomic E-state index is 0.00692. The molecule has 0 spiro atoms. The lowest BCUT2D eigenvalue weighted by Gasteiger charge is -2.27. The highest BCUT2D eigenvalue weighted by atomic mass is 32.2. The monoisotopic (exact) mass is 476 g/mol. The van der Waals surface area contributed by atoms with Gasteiger partial charge in [-0.15, -0.1) is 0 Å². The van der Waals surface area contributed by atoms with Crippen molar-refractivity contribution in [1.29, 1.82) is 0 Å². The molecule has 2 aromatic carbocycles. The molecule has 178 valence electrons. The maximum Gasteiger partial charge on any atom is 0.410 e. The van der Waals surface area contributed by atoms with Crippen LogP contribution in [0.25, 0.3) is 0 Å². The van der Waals surface area contributed by atoms with Gasteiger partial charge in [0.25, 0.3) is 15.7 Å². The lowest BCUT2D eigenvalue weighted by Crippen LogP contribution is -2.39. The van der Waals surface area contributed by atoms with Gasteiger partial charge in [0, 0.05) is 37.9 Å². The summed E-state index contributed by atoms with van der Waals surface area (Å²) in [6.07, 6.45) is 0.283. The van der Waals surface area contributed by atoms with Gasteiger partial charge < -0.3 is 14.5 Å². The van der Waals surface area contributed by atoms with Crippen molar-refractivity contribution in [3.63, 3.8) is 0 Å². The largest absolute Gasteiger partial charge is 0.444 e. The second kappa shape index (κ2) is 9.65. The second-order valence-corrected chi connectivity index (χ2v) is 10.4. The van der Waals surface area contributed by atoms with Gasteiger partial charge in [-0.3, -0.25) is 14.8 Å². The number of amides is 1. The fourth-order valence-corrected chi connectivity index (χ4v) is 4.54. The third kappa shape index (κ3) is 6.35. The standard InChI is InChI=1S/C22H28N4O6S/c1-22(2,3)32-21(27)25-13-7-12-24(14-15-25)17-10-11-20(26(28)29)19(16-17)23-33(30,31)18-8-5-4-6-9-18/h4-6,8-11,16,23H,7,12-15H2,1-3H3. The van der Waals surface area contributed by atoms with E-state index in [-0.39, 0.29) is 22.4 Å². The Bertz CT molecular complexity index is 1120. The van der Waals surface area contributed by atoms with E-state index in [4.69, 9.17) is 4.74 Å². The topological polar surface area (TPSA) is 122 Å². The number of benzene rings is 2. The molecule has 0 atom stereocenters. The van der Waals surface area contributed by atoms with Crippen LogP contribution in [0.4, 0.5) is 21.9 Å². The van der Waals surface area contributed by atoms with E-state index in [1.54, 1.807) is 29.2 Å². The summed E-state index contributed by atoms with van der Waals surface area (Å²) in [6.45, 7) is 7.44. The van der Waals surface area contributed by atoms with E-state index in [1.807, 2.05) is 25.7 Å². The van der Waals surface area contributed by atoms with E-state index in [9.17, 15) is 23.3 Å². The van der Waals surface area contributed by atoms with Crippen LogP contribution in [0.1, 0.15) is 27.2 Å². The molecule has 1 aliphatic rings. The molecule has 1 N–H and O–H groups in total. The zero-order valence-corrected chi connectivity index (χ0v) is 19.7. The summed E-state index contributed by atoms with van der Waals surface area (Å²) in [6, 6.07) is 12.0. The van der Waals surface area contributed by atoms with Gasteiger partial charge in [0.1, 0.15) is 11.3 Å². The highest BCUT2D eigenvalue weighted by Crippen LogP contribution is 2.32. The molecule has 11 heteroatoms. The van der Waals surface area contributed by atoms with Crippen molar-refractivity contribution in [1.82, 2.24) is 4.90 Å². The Hall–Kier alpha value is -3.34.